The van der Waals surface area contributed by atoms with Crippen LogP contribution in [0.25, 0.3) is 22.4 Å². The number of hydrogen-bond donors (Lipinski definition) is 1. The van der Waals surface area contributed by atoms with Gasteiger partial charge in [0.15, 0.2) is 5.65 Å². The molecule has 0 saturated carbocycles. The van der Waals surface area contributed by atoms with Crippen molar-refractivity contribution in [3.63, 3.8) is 0 Å². The highest BCUT2D eigenvalue weighted by molar-refractivity contribution is 7.10. The Hall–Kier alpha value is -2.57. The molecule has 2 atom stereocenters. The van der Waals surface area contributed by atoms with Crippen LogP contribution in [0, 0.1) is 0 Å². The van der Waals surface area contributed by atoms with Gasteiger partial charge < -0.3 is 9.67 Å². The number of hydrogen-bond acceptors (Lipinski definition) is 5. The van der Waals surface area contributed by atoms with E-state index in [2.05, 4.69) is 31.0 Å². The molecule has 1 aliphatic rings. The number of imidazole rings is 1. The van der Waals surface area contributed by atoms with E-state index in [9.17, 15) is 5.11 Å². The largest absolute Gasteiger partial charge is 0.396 e. The molecule has 4 aromatic rings. The summed E-state index contributed by atoms with van der Waals surface area (Å²) in [6.07, 6.45) is 4.35. The summed E-state index contributed by atoms with van der Waals surface area (Å²) in [5, 5.41) is 11.8. The Bertz CT molecular complexity index is 1040. The first kappa shape index (κ1) is 14.7. The first-order chi connectivity index (χ1) is 12.4. The van der Waals surface area contributed by atoms with Crippen LogP contribution in [0.15, 0.2) is 54.4 Å². The van der Waals surface area contributed by atoms with Crippen molar-refractivity contribution in [3.8, 4) is 11.3 Å². The average Bonchev–Trinajstić information content (AvgIpc) is 3.36. The normalized spacial score (nSPS) is 19.4. The average molecular weight is 348 g/mol. The first-order valence-electron chi connectivity index (χ1n) is 8.28. The summed E-state index contributed by atoms with van der Waals surface area (Å²) in [6, 6.07) is 12.4. The van der Waals surface area contributed by atoms with Crippen LogP contribution in [0.1, 0.15) is 28.8 Å². The molecule has 5 rings (SSSR count). The van der Waals surface area contributed by atoms with E-state index in [1.807, 2.05) is 36.7 Å². The minimum absolute atomic E-state index is 0.168. The van der Waals surface area contributed by atoms with Crippen molar-refractivity contribution in [2.45, 2.75) is 18.4 Å². The van der Waals surface area contributed by atoms with Crippen LogP contribution < -0.4 is 0 Å². The fourth-order valence-electron chi connectivity index (χ4n) is 3.75. The molecule has 1 unspecified atom stereocenters. The maximum absolute atomic E-state index is 9.71. The van der Waals surface area contributed by atoms with Crippen molar-refractivity contribution in [1.29, 1.82) is 0 Å². The zero-order valence-corrected chi connectivity index (χ0v) is 14.2. The van der Waals surface area contributed by atoms with Crippen LogP contribution in [-0.4, -0.2) is 31.2 Å². The van der Waals surface area contributed by atoms with Crippen molar-refractivity contribution in [3.05, 3.63) is 64.9 Å². The smallest absolute Gasteiger partial charge is 0.164 e. The number of benzene rings is 1. The van der Waals surface area contributed by atoms with Gasteiger partial charge in [-0.3, -0.25) is 0 Å². The fraction of sp³-hybridized carbons (Fsp3) is 0.211. The molecule has 0 aliphatic heterocycles. The Morgan fingerprint density at radius 1 is 1.12 bits per heavy atom. The summed E-state index contributed by atoms with van der Waals surface area (Å²) in [5.74, 6) is 0.202. The standard InChI is InChI=1S/C19H16N4OS/c24-9-13-8-15(14-6-7-25-18(13)14)23-11-22-17-16(20-10-21-19(17)23)12-4-2-1-3-5-12/h1-7,10-11,13,15,24H,8-9H2/t13-,15?/m1/s1. The van der Waals surface area contributed by atoms with Gasteiger partial charge in [0.1, 0.15) is 17.5 Å². The lowest BCUT2D eigenvalue weighted by molar-refractivity contribution is 0.260. The second kappa shape index (κ2) is 5.75. The molecule has 5 nitrogen and oxygen atoms in total. The second-order valence-electron chi connectivity index (χ2n) is 6.28. The van der Waals surface area contributed by atoms with Crippen LogP contribution in [0.3, 0.4) is 0 Å². The van der Waals surface area contributed by atoms with Crippen LogP contribution in [0.4, 0.5) is 0 Å². The van der Waals surface area contributed by atoms with Gasteiger partial charge in [0.05, 0.1) is 19.0 Å². The van der Waals surface area contributed by atoms with E-state index in [1.54, 1.807) is 17.7 Å². The van der Waals surface area contributed by atoms with Gasteiger partial charge in [0, 0.05) is 16.4 Å². The third-order valence-electron chi connectivity index (χ3n) is 4.93. The molecule has 1 aliphatic carbocycles. The zero-order valence-electron chi connectivity index (χ0n) is 13.4. The molecule has 0 bridgehead atoms. The molecule has 0 fully saturated rings. The van der Waals surface area contributed by atoms with E-state index in [-0.39, 0.29) is 18.6 Å². The molecule has 25 heavy (non-hydrogen) atoms. The summed E-state index contributed by atoms with van der Waals surface area (Å²) in [6.45, 7) is 0.181. The number of fused-ring (bicyclic) bond motifs is 2. The van der Waals surface area contributed by atoms with E-state index >= 15 is 0 Å². The minimum atomic E-state index is 0.168. The summed E-state index contributed by atoms with van der Waals surface area (Å²) >= 11 is 1.72. The Balaban J connectivity index is 1.65. The van der Waals surface area contributed by atoms with E-state index < -0.39 is 0 Å². The number of thiophene rings is 1. The highest BCUT2D eigenvalue weighted by Crippen LogP contribution is 2.46. The third kappa shape index (κ3) is 2.22. The lowest BCUT2D eigenvalue weighted by Crippen LogP contribution is -2.08. The first-order valence-corrected chi connectivity index (χ1v) is 9.16. The molecule has 1 N–H and O–H groups in total. The van der Waals surface area contributed by atoms with Crippen molar-refractivity contribution in [1.82, 2.24) is 19.5 Å². The molecule has 0 saturated heterocycles. The predicted octanol–water partition coefficient (Wildman–Crippen LogP) is 3.62. The van der Waals surface area contributed by atoms with E-state index in [0.29, 0.717) is 0 Å². The molecule has 3 heterocycles. The Morgan fingerprint density at radius 2 is 2.00 bits per heavy atom. The maximum atomic E-state index is 9.71. The summed E-state index contributed by atoms with van der Waals surface area (Å²) in [4.78, 5) is 14.9. The van der Waals surface area contributed by atoms with Gasteiger partial charge in [-0.15, -0.1) is 11.3 Å². The molecule has 3 aromatic heterocycles. The predicted molar refractivity (Wildman–Crippen MR) is 97.7 cm³/mol. The molecule has 1 aromatic carbocycles. The van der Waals surface area contributed by atoms with E-state index in [4.69, 9.17) is 0 Å². The number of aromatic nitrogens is 4. The minimum Gasteiger partial charge on any atom is -0.396 e. The van der Waals surface area contributed by atoms with E-state index in [1.165, 1.54) is 10.4 Å². The lowest BCUT2D eigenvalue weighted by Gasteiger charge is -2.14. The van der Waals surface area contributed by atoms with Crippen LogP contribution in [0.5, 0.6) is 0 Å². The lowest BCUT2D eigenvalue weighted by atomic mass is 10.1. The van der Waals surface area contributed by atoms with Gasteiger partial charge in [0.2, 0.25) is 0 Å². The van der Waals surface area contributed by atoms with Crippen LogP contribution in [0.2, 0.25) is 0 Å². The van der Waals surface area contributed by atoms with Gasteiger partial charge in [-0.2, -0.15) is 0 Å². The van der Waals surface area contributed by atoms with Crippen molar-refractivity contribution in [2.24, 2.45) is 0 Å². The van der Waals surface area contributed by atoms with Gasteiger partial charge >= 0.3 is 0 Å². The van der Waals surface area contributed by atoms with E-state index in [0.717, 1.165) is 28.8 Å². The Labute approximate surface area is 148 Å². The van der Waals surface area contributed by atoms with Crippen molar-refractivity contribution < 1.29 is 5.11 Å². The molecular formula is C19H16N4OS. The number of nitrogens with zero attached hydrogens (tertiary/aromatic N) is 4. The number of aliphatic hydroxyl groups is 1. The van der Waals surface area contributed by atoms with Gasteiger partial charge in [-0.1, -0.05) is 30.3 Å². The van der Waals surface area contributed by atoms with Crippen LogP contribution >= 0.6 is 11.3 Å². The number of aliphatic hydroxyl groups excluding tert-OH is 1. The molecule has 0 radical (unpaired) electrons. The highest BCUT2D eigenvalue weighted by atomic mass is 32.1. The van der Waals surface area contributed by atoms with Gasteiger partial charge in [-0.05, 0) is 23.4 Å². The highest BCUT2D eigenvalue weighted by Gasteiger charge is 2.34. The Morgan fingerprint density at radius 3 is 2.84 bits per heavy atom. The number of rotatable bonds is 3. The SMILES string of the molecule is OC[C@H]1CC(n2cnc3c(-c4ccccc4)ncnc32)c2ccsc21. The topological polar surface area (TPSA) is 63.8 Å². The van der Waals surface area contributed by atoms with Crippen molar-refractivity contribution in [2.75, 3.05) is 6.61 Å². The molecule has 6 heteroatoms. The monoisotopic (exact) mass is 348 g/mol. The van der Waals surface area contributed by atoms with Gasteiger partial charge in [0.25, 0.3) is 0 Å². The molecule has 0 amide bonds. The van der Waals surface area contributed by atoms with Crippen LogP contribution in [-0.2, 0) is 0 Å². The summed E-state index contributed by atoms with van der Waals surface area (Å²) in [7, 11) is 0. The third-order valence-corrected chi connectivity index (χ3v) is 6.02. The molecule has 124 valence electrons. The second-order valence-corrected chi connectivity index (χ2v) is 7.23. The molecular weight excluding hydrogens is 332 g/mol. The Kier molecular flexibility index (Phi) is 3.39. The van der Waals surface area contributed by atoms with Gasteiger partial charge in [-0.25, -0.2) is 15.0 Å². The van der Waals surface area contributed by atoms with Crippen molar-refractivity contribution >= 4 is 22.5 Å². The summed E-state index contributed by atoms with van der Waals surface area (Å²) in [5.41, 5.74) is 4.83. The fourth-order valence-corrected chi connectivity index (χ4v) is 4.81. The molecule has 0 spiro atoms. The maximum Gasteiger partial charge on any atom is 0.164 e. The zero-order chi connectivity index (χ0) is 16.8. The quantitative estimate of drug-likeness (QED) is 0.614. The summed E-state index contributed by atoms with van der Waals surface area (Å²) < 4.78 is 2.13.